The maximum atomic E-state index is 4.34. The van der Waals surface area contributed by atoms with Gasteiger partial charge in [0, 0.05) is 36.8 Å². The molecule has 0 fully saturated rings. The standard InChI is InChI=1S/C14H17N3/c1-2-17-9-3-4-11(10-17)12-5-7-15-14-13(12)6-8-16-14/h3-8,11H,2,9-10H2,1H3,(H,15,16). The van der Waals surface area contributed by atoms with Gasteiger partial charge in [0.15, 0.2) is 0 Å². The first-order valence-electron chi connectivity index (χ1n) is 6.19. The van der Waals surface area contributed by atoms with Crippen LogP contribution in [0.25, 0.3) is 11.0 Å². The van der Waals surface area contributed by atoms with Crippen LogP contribution in [0, 0.1) is 0 Å². The van der Waals surface area contributed by atoms with Crippen LogP contribution in [0.15, 0.2) is 36.7 Å². The second kappa shape index (κ2) is 4.34. The number of H-pyrrole nitrogens is 1. The number of fused-ring (bicyclic) bond motifs is 1. The van der Waals surface area contributed by atoms with E-state index in [1.807, 2.05) is 12.4 Å². The van der Waals surface area contributed by atoms with Gasteiger partial charge in [0.2, 0.25) is 0 Å². The summed E-state index contributed by atoms with van der Waals surface area (Å²) in [5, 5.41) is 1.25. The number of aromatic amines is 1. The Bertz CT molecular complexity index is 541. The average Bonchev–Trinajstić information content (AvgIpc) is 2.87. The van der Waals surface area contributed by atoms with Crippen molar-refractivity contribution >= 4 is 11.0 Å². The summed E-state index contributed by atoms with van der Waals surface area (Å²) >= 11 is 0. The van der Waals surface area contributed by atoms with Gasteiger partial charge in [-0.2, -0.15) is 0 Å². The molecule has 0 saturated heterocycles. The van der Waals surface area contributed by atoms with E-state index in [9.17, 15) is 0 Å². The summed E-state index contributed by atoms with van der Waals surface area (Å²) in [4.78, 5) is 9.98. The molecule has 0 bridgehead atoms. The first-order valence-corrected chi connectivity index (χ1v) is 6.19. The third-order valence-electron chi connectivity index (χ3n) is 3.53. The van der Waals surface area contributed by atoms with Gasteiger partial charge in [0.05, 0.1) is 0 Å². The van der Waals surface area contributed by atoms with Gasteiger partial charge in [-0.25, -0.2) is 4.98 Å². The number of pyridine rings is 1. The number of aromatic nitrogens is 2. The maximum absolute atomic E-state index is 4.34. The smallest absolute Gasteiger partial charge is 0.137 e. The predicted molar refractivity (Wildman–Crippen MR) is 70.1 cm³/mol. The molecular weight excluding hydrogens is 210 g/mol. The van der Waals surface area contributed by atoms with Crippen LogP contribution in [0.2, 0.25) is 0 Å². The summed E-state index contributed by atoms with van der Waals surface area (Å²) in [5.41, 5.74) is 2.37. The normalized spacial score (nSPS) is 21.1. The van der Waals surface area contributed by atoms with Crippen LogP contribution >= 0.6 is 0 Å². The van der Waals surface area contributed by atoms with Gasteiger partial charge in [-0.3, -0.25) is 4.90 Å². The lowest BCUT2D eigenvalue weighted by molar-refractivity contribution is 0.299. The lowest BCUT2D eigenvalue weighted by Gasteiger charge is -2.28. The van der Waals surface area contributed by atoms with Crippen molar-refractivity contribution in [2.45, 2.75) is 12.8 Å². The molecule has 0 aliphatic carbocycles. The molecule has 1 N–H and O–H groups in total. The van der Waals surface area contributed by atoms with Crippen LogP contribution in [0.3, 0.4) is 0 Å². The van der Waals surface area contributed by atoms with E-state index < -0.39 is 0 Å². The van der Waals surface area contributed by atoms with E-state index >= 15 is 0 Å². The van der Waals surface area contributed by atoms with E-state index in [4.69, 9.17) is 0 Å². The highest BCUT2D eigenvalue weighted by Crippen LogP contribution is 2.27. The third-order valence-corrected chi connectivity index (χ3v) is 3.53. The number of hydrogen-bond donors (Lipinski definition) is 1. The van der Waals surface area contributed by atoms with Crippen molar-refractivity contribution in [3.8, 4) is 0 Å². The molecule has 3 heterocycles. The fourth-order valence-corrected chi connectivity index (χ4v) is 2.55. The van der Waals surface area contributed by atoms with Crippen molar-refractivity contribution in [2.24, 2.45) is 0 Å². The summed E-state index contributed by atoms with van der Waals surface area (Å²) in [7, 11) is 0. The zero-order chi connectivity index (χ0) is 11.7. The van der Waals surface area contributed by atoms with Gasteiger partial charge in [-0.05, 0) is 24.2 Å². The molecule has 3 nitrogen and oxygen atoms in total. The largest absolute Gasteiger partial charge is 0.346 e. The molecule has 2 aromatic heterocycles. The molecule has 1 unspecified atom stereocenters. The van der Waals surface area contributed by atoms with Gasteiger partial charge < -0.3 is 4.98 Å². The molecule has 3 heteroatoms. The summed E-state index contributed by atoms with van der Waals surface area (Å²) in [6.45, 7) is 5.52. The molecule has 1 aliphatic rings. The number of hydrogen-bond acceptors (Lipinski definition) is 2. The molecule has 0 aromatic carbocycles. The highest BCUT2D eigenvalue weighted by Gasteiger charge is 2.18. The Morgan fingerprint density at radius 3 is 3.29 bits per heavy atom. The van der Waals surface area contributed by atoms with Gasteiger partial charge in [-0.15, -0.1) is 0 Å². The fraction of sp³-hybridized carbons (Fsp3) is 0.357. The molecule has 0 amide bonds. The molecule has 2 aromatic rings. The quantitative estimate of drug-likeness (QED) is 0.799. The highest BCUT2D eigenvalue weighted by molar-refractivity contribution is 5.80. The van der Waals surface area contributed by atoms with E-state index in [2.05, 4.69) is 46.1 Å². The SMILES string of the molecule is CCN1CC=CC(c2ccnc3[nH]ccc23)C1. The van der Waals surface area contributed by atoms with E-state index in [1.165, 1.54) is 10.9 Å². The third kappa shape index (κ3) is 1.87. The molecule has 88 valence electrons. The molecular formula is C14H17N3. The van der Waals surface area contributed by atoms with Gasteiger partial charge >= 0.3 is 0 Å². The summed E-state index contributed by atoms with van der Waals surface area (Å²) in [6, 6.07) is 4.26. The van der Waals surface area contributed by atoms with E-state index in [0.29, 0.717) is 5.92 Å². The minimum atomic E-state index is 0.491. The van der Waals surface area contributed by atoms with Gasteiger partial charge in [-0.1, -0.05) is 19.1 Å². The molecule has 3 rings (SSSR count). The Kier molecular flexibility index (Phi) is 2.69. The van der Waals surface area contributed by atoms with Crippen molar-refractivity contribution in [2.75, 3.05) is 19.6 Å². The van der Waals surface area contributed by atoms with Crippen LogP contribution in [-0.4, -0.2) is 34.5 Å². The molecule has 17 heavy (non-hydrogen) atoms. The first-order chi connectivity index (χ1) is 8.38. The maximum Gasteiger partial charge on any atom is 0.137 e. The fourth-order valence-electron chi connectivity index (χ4n) is 2.55. The van der Waals surface area contributed by atoms with Crippen molar-refractivity contribution in [3.63, 3.8) is 0 Å². The Labute approximate surface area is 101 Å². The van der Waals surface area contributed by atoms with E-state index in [0.717, 1.165) is 25.3 Å². The van der Waals surface area contributed by atoms with Crippen LogP contribution in [0.1, 0.15) is 18.4 Å². The van der Waals surface area contributed by atoms with Crippen LogP contribution < -0.4 is 0 Å². The van der Waals surface area contributed by atoms with Crippen LogP contribution in [0.5, 0.6) is 0 Å². The number of likely N-dealkylation sites (N-methyl/N-ethyl adjacent to an activating group) is 1. The molecule has 1 aliphatic heterocycles. The zero-order valence-electron chi connectivity index (χ0n) is 10.1. The summed E-state index contributed by atoms with van der Waals surface area (Å²) in [6.07, 6.45) is 8.46. The topological polar surface area (TPSA) is 31.9 Å². The monoisotopic (exact) mass is 227 g/mol. The molecule has 0 spiro atoms. The lowest BCUT2D eigenvalue weighted by Crippen LogP contribution is -2.31. The predicted octanol–water partition coefficient (Wildman–Crippen LogP) is 2.54. The second-order valence-electron chi connectivity index (χ2n) is 4.53. The minimum absolute atomic E-state index is 0.491. The molecule has 1 atom stereocenters. The zero-order valence-corrected chi connectivity index (χ0v) is 10.1. The number of rotatable bonds is 2. The lowest BCUT2D eigenvalue weighted by atomic mass is 9.94. The van der Waals surface area contributed by atoms with Crippen LogP contribution in [-0.2, 0) is 0 Å². The highest BCUT2D eigenvalue weighted by atomic mass is 15.1. The number of nitrogens with one attached hydrogen (secondary N) is 1. The Hall–Kier alpha value is -1.61. The van der Waals surface area contributed by atoms with Gasteiger partial charge in [0.1, 0.15) is 5.65 Å². The van der Waals surface area contributed by atoms with Crippen molar-refractivity contribution in [3.05, 3.63) is 42.2 Å². The minimum Gasteiger partial charge on any atom is -0.346 e. The Morgan fingerprint density at radius 2 is 2.41 bits per heavy atom. The van der Waals surface area contributed by atoms with Crippen molar-refractivity contribution in [1.82, 2.24) is 14.9 Å². The molecule has 0 radical (unpaired) electrons. The second-order valence-corrected chi connectivity index (χ2v) is 4.53. The van der Waals surface area contributed by atoms with E-state index in [1.54, 1.807) is 0 Å². The van der Waals surface area contributed by atoms with E-state index in [-0.39, 0.29) is 0 Å². The molecule has 0 saturated carbocycles. The van der Waals surface area contributed by atoms with Crippen molar-refractivity contribution in [1.29, 1.82) is 0 Å². The summed E-state index contributed by atoms with van der Waals surface area (Å²) in [5.74, 6) is 0.491. The van der Waals surface area contributed by atoms with Crippen LogP contribution in [0.4, 0.5) is 0 Å². The first kappa shape index (κ1) is 10.5. The average molecular weight is 227 g/mol. The van der Waals surface area contributed by atoms with Crippen molar-refractivity contribution < 1.29 is 0 Å². The van der Waals surface area contributed by atoms with Gasteiger partial charge in [0.25, 0.3) is 0 Å². The summed E-state index contributed by atoms with van der Waals surface area (Å²) < 4.78 is 0. The number of nitrogens with zero attached hydrogens (tertiary/aromatic N) is 2. The Balaban J connectivity index is 2.00. The Morgan fingerprint density at radius 1 is 1.47 bits per heavy atom.